The molecule has 2 aromatic carbocycles. The number of nitrogens with zero attached hydrogens (tertiary/aromatic N) is 1. The molecular formula is C21H23ClN2O4. The van der Waals surface area contributed by atoms with E-state index in [1.165, 1.54) is 4.90 Å². The summed E-state index contributed by atoms with van der Waals surface area (Å²) in [6.45, 7) is 1.31. The summed E-state index contributed by atoms with van der Waals surface area (Å²) in [4.78, 5) is 25.9. The average Bonchev–Trinajstić information content (AvgIpc) is 3.20. The minimum Gasteiger partial charge on any atom is -0.491 e. The van der Waals surface area contributed by atoms with Gasteiger partial charge >= 0.3 is 0 Å². The summed E-state index contributed by atoms with van der Waals surface area (Å²) in [7, 11) is 3.31. The van der Waals surface area contributed by atoms with E-state index in [1.807, 2.05) is 0 Å². The van der Waals surface area contributed by atoms with Crippen LogP contribution in [0.4, 0.5) is 5.69 Å². The van der Waals surface area contributed by atoms with Gasteiger partial charge in [-0.1, -0.05) is 11.6 Å². The summed E-state index contributed by atoms with van der Waals surface area (Å²) >= 11 is 6.18. The Morgan fingerprint density at radius 2 is 1.96 bits per heavy atom. The van der Waals surface area contributed by atoms with Gasteiger partial charge in [-0.15, -0.1) is 0 Å². The van der Waals surface area contributed by atoms with Crippen molar-refractivity contribution in [2.24, 2.45) is 0 Å². The third kappa shape index (κ3) is 5.03. The molecule has 1 aliphatic heterocycles. The molecule has 1 unspecified atom stereocenters. The molecule has 0 aliphatic carbocycles. The second kappa shape index (κ2) is 9.08. The lowest BCUT2D eigenvalue weighted by molar-refractivity contribution is 0.0679. The van der Waals surface area contributed by atoms with Crippen molar-refractivity contribution in [3.05, 3.63) is 58.6 Å². The zero-order valence-electron chi connectivity index (χ0n) is 15.9. The van der Waals surface area contributed by atoms with E-state index >= 15 is 0 Å². The highest BCUT2D eigenvalue weighted by Crippen LogP contribution is 2.23. The van der Waals surface area contributed by atoms with Crippen LogP contribution >= 0.6 is 11.6 Å². The van der Waals surface area contributed by atoms with Crippen molar-refractivity contribution in [2.45, 2.75) is 18.9 Å². The number of nitrogens with one attached hydrogen (secondary N) is 1. The molecule has 1 atom stereocenters. The molecule has 28 heavy (non-hydrogen) atoms. The van der Waals surface area contributed by atoms with Crippen molar-refractivity contribution in [2.75, 3.05) is 32.6 Å². The van der Waals surface area contributed by atoms with E-state index in [9.17, 15) is 9.59 Å². The Morgan fingerprint density at radius 1 is 1.21 bits per heavy atom. The van der Waals surface area contributed by atoms with Crippen molar-refractivity contribution in [1.82, 2.24) is 4.90 Å². The van der Waals surface area contributed by atoms with Crippen molar-refractivity contribution >= 4 is 29.1 Å². The van der Waals surface area contributed by atoms with E-state index in [-0.39, 0.29) is 22.9 Å². The fraction of sp³-hybridized carbons (Fsp3) is 0.333. The molecule has 1 N–H and O–H groups in total. The number of rotatable bonds is 6. The van der Waals surface area contributed by atoms with Gasteiger partial charge in [0, 0.05) is 32.0 Å². The van der Waals surface area contributed by atoms with Crippen molar-refractivity contribution in [1.29, 1.82) is 0 Å². The van der Waals surface area contributed by atoms with Gasteiger partial charge in [0.05, 0.1) is 16.7 Å². The number of benzene rings is 2. The number of carbonyl (C=O) groups is 2. The number of hydrogen-bond acceptors (Lipinski definition) is 4. The van der Waals surface area contributed by atoms with Crippen LogP contribution in [0.3, 0.4) is 0 Å². The van der Waals surface area contributed by atoms with Crippen molar-refractivity contribution in [3.8, 4) is 5.75 Å². The van der Waals surface area contributed by atoms with Crippen LogP contribution in [0.2, 0.25) is 5.02 Å². The second-order valence-electron chi connectivity index (χ2n) is 6.82. The maximum atomic E-state index is 12.4. The van der Waals surface area contributed by atoms with Gasteiger partial charge in [-0.25, -0.2) is 0 Å². The molecule has 2 aromatic rings. The molecule has 1 saturated heterocycles. The van der Waals surface area contributed by atoms with Crippen LogP contribution in [0.25, 0.3) is 0 Å². The van der Waals surface area contributed by atoms with Gasteiger partial charge in [-0.2, -0.15) is 0 Å². The zero-order chi connectivity index (χ0) is 20.1. The first-order valence-corrected chi connectivity index (χ1v) is 9.49. The first kappa shape index (κ1) is 20.2. The van der Waals surface area contributed by atoms with Crippen LogP contribution in [0.15, 0.2) is 42.5 Å². The average molecular weight is 403 g/mol. The van der Waals surface area contributed by atoms with Crippen LogP contribution in [-0.2, 0) is 4.74 Å². The third-order valence-corrected chi connectivity index (χ3v) is 4.75. The maximum Gasteiger partial charge on any atom is 0.255 e. The minimum atomic E-state index is -0.270. The first-order chi connectivity index (χ1) is 13.4. The fourth-order valence-corrected chi connectivity index (χ4v) is 3.14. The van der Waals surface area contributed by atoms with E-state index in [2.05, 4.69) is 5.32 Å². The van der Waals surface area contributed by atoms with Crippen LogP contribution in [0.5, 0.6) is 5.75 Å². The number of halogens is 1. The molecule has 6 nitrogen and oxygen atoms in total. The van der Waals surface area contributed by atoms with E-state index in [1.54, 1.807) is 56.6 Å². The Morgan fingerprint density at radius 3 is 2.57 bits per heavy atom. The van der Waals surface area contributed by atoms with E-state index in [0.29, 0.717) is 29.2 Å². The van der Waals surface area contributed by atoms with Gasteiger partial charge in [0.25, 0.3) is 11.8 Å². The molecular weight excluding hydrogens is 380 g/mol. The highest BCUT2D eigenvalue weighted by Gasteiger charge is 2.16. The van der Waals surface area contributed by atoms with E-state index in [4.69, 9.17) is 21.1 Å². The van der Waals surface area contributed by atoms with Crippen molar-refractivity contribution < 1.29 is 19.1 Å². The zero-order valence-corrected chi connectivity index (χ0v) is 16.7. The minimum absolute atomic E-state index is 0.148. The SMILES string of the molecule is CN(C)C(=O)c1ccc(NC(=O)c2ccc(OCC3CCCO3)cc2)cc1Cl. The number of carbonyl (C=O) groups excluding carboxylic acids is 2. The Balaban J connectivity index is 1.59. The standard InChI is InChI=1S/C21H23ClN2O4/c1-24(2)21(26)18-10-7-15(12-19(18)22)23-20(25)14-5-8-16(9-6-14)28-13-17-4-3-11-27-17/h5-10,12,17H,3-4,11,13H2,1-2H3,(H,23,25). The largest absolute Gasteiger partial charge is 0.491 e. The summed E-state index contributed by atoms with van der Waals surface area (Å²) in [5, 5.41) is 3.07. The van der Waals surface area contributed by atoms with Gasteiger partial charge in [0.15, 0.2) is 0 Å². The van der Waals surface area contributed by atoms with Crippen molar-refractivity contribution in [3.63, 3.8) is 0 Å². The summed E-state index contributed by atoms with van der Waals surface area (Å²) in [5.41, 5.74) is 1.40. The molecule has 0 bridgehead atoms. The molecule has 0 spiro atoms. The lowest BCUT2D eigenvalue weighted by Gasteiger charge is -2.13. The predicted octanol–water partition coefficient (Wildman–Crippen LogP) is 3.85. The molecule has 0 aromatic heterocycles. The van der Waals surface area contributed by atoms with Gasteiger partial charge in [0.2, 0.25) is 0 Å². The Bertz CT molecular complexity index is 846. The summed E-state index contributed by atoms with van der Waals surface area (Å²) < 4.78 is 11.2. The van der Waals surface area contributed by atoms with Gasteiger partial charge in [0.1, 0.15) is 12.4 Å². The normalized spacial score (nSPS) is 15.9. The molecule has 0 radical (unpaired) electrons. The highest BCUT2D eigenvalue weighted by atomic mass is 35.5. The molecule has 148 valence electrons. The predicted molar refractivity (Wildman–Crippen MR) is 108 cm³/mol. The Kier molecular flexibility index (Phi) is 6.54. The molecule has 1 fully saturated rings. The number of ether oxygens (including phenoxy) is 2. The lowest BCUT2D eigenvalue weighted by atomic mass is 10.1. The van der Waals surface area contributed by atoms with Crippen LogP contribution in [0, 0.1) is 0 Å². The van der Waals surface area contributed by atoms with E-state index in [0.717, 1.165) is 19.4 Å². The monoisotopic (exact) mass is 402 g/mol. The van der Waals surface area contributed by atoms with Gasteiger partial charge in [-0.05, 0) is 55.3 Å². The fourth-order valence-electron chi connectivity index (χ4n) is 2.88. The van der Waals surface area contributed by atoms with Crippen LogP contribution < -0.4 is 10.1 Å². The molecule has 2 amide bonds. The van der Waals surface area contributed by atoms with Crippen LogP contribution in [-0.4, -0.2) is 50.1 Å². The quantitative estimate of drug-likeness (QED) is 0.796. The summed E-state index contributed by atoms with van der Waals surface area (Å²) in [6, 6.07) is 11.7. The third-order valence-electron chi connectivity index (χ3n) is 4.44. The first-order valence-electron chi connectivity index (χ1n) is 9.11. The van der Waals surface area contributed by atoms with Gasteiger partial charge < -0.3 is 19.7 Å². The Labute approximate surface area is 169 Å². The number of hydrogen-bond donors (Lipinski definition) is 1. The topological polar surface area (TPSA) is 67.9 Å². The molecule has 7 heteroatoms. The summed E-state index contributed by atoms with van der Waals surface area (Å²) in [5.74, 6) is 0.233. The molecule has 3 rings (SSSR count). The number of amides is 2. The Hall–Kier alpha value is -2.57. The second-order valence-corrected chi connectivity index (χ2v) is 7.23. The van der Waals surface area contributed by atoms with Gasteiger partial charge in [-0.3, -0.25) is 9.59 Å². The molecule has 1 aliphatic rings. The highest BCUT2D eigenvalue weighted by molar-refractivity contribution is 6.34. The summed E-state index contributed by atoms with van der Waals surface area (Å²) in [6.07, 6.45) is 2.23. The molecule has 0 saturated carbocycles. The van der Waals surface area contributed by atoms with E-state index < -0.39 is 0 Å². The van der Waals surface area contributed by atoms with Crippen LogP contribution in [0.1, 0.15) is 33.6 Å². The lowest BCUT2D eigenvalue weighted by Crippen LogP contribution is -2.22. The molecule has 1 heterocycles. The smallest absolute Gasteiger partial charge is 0.255 e. The number of anilines is 1. The maximum absolute atomic E-state index is 12.4.